The smallest absolute Gasteiger partial charge is 0.210 e. The maximum atomic E-state index is 12.3. The van der Waals surface area contributed by atoms with E-state index in [1.54, 1.807) is 24.3 Å². The standard InChI is InChI=1S/C17H19NO2S/c19-21(20,16-10-5-2-6-11-16)18-14-17(12-7-13-17)15-8-3-1-4-9-15/h1-6,8-11,18H,7,12-14H2. The van der Waals surface area contributed by atoms with Crippen LogP contribution >= 0.6 is 0 Å². The fourth-order valence-electron chi connectivity index (χ4n) is 2.88. The summed E-state index contributed by atoms with van der Waals surface area (Å²) < 4.78 is 27.5. The molecule has 0 unspecified atom stereocenters. The van der Waals surface area contributed by atoms with Crippen LogP contribution in [0.1, 0.15) is 24.8 Å². The number of sulfonamides is 1. The third-order valence-electron chi connectivity index (χ3n) is 4.35. The van der Waals surface area contributed by atoms with Gasteiger partial charge in [-0.05, 0) is 30.5 Å². The van der Waals surface area contributed by atoms with Crippen LogP contribution < -0.4 is 4.72 Å². The number of hydrogen-bond acceptors (Lipinski definition) is 2. The van der Waals surface area contributed by atoms with Crippen LogP contribution in [0.15, 0.2) is 65.6 Å². The van der Waals surface area contributed by atoms with Crippen molar-refractivity contribution in [2.75, 3.05) is 6.54 Å². The Hall–Kier alpha value is -1.65. The van der Waals surface area contributed by atoms with Crippen LogP contribution in [-0.4, -0.2) is 15.0 Å². The Morgan fingerprint density at radius 1 is 0.905 bits per heavy atom. The highest BCUT2D eigenvalue weighted by Crippen LogP contribution is 2.43. The molecule has 4 heteroatoms. The first-order chi connectivity index (χ1) is 10.1. The molecule has 0 aliphatic heterocycles. The van der Waals surface area contributed by atoms with E-state index in [0.717, 1.165) is 19.3 Å². The van der Waals surface area contributed by atoms with E-state index in [0.29, 0.717) is 11.4 Å². The van der Waals surface area contributed by atoms with Crippen molar-refractivity contribution in [2.45, 2.75) is 29.6 Å². The molecule has 3 nitrogen and oxygen atoms in total. The Bertz CT molecular complexity index is 692. The summed E-state index contributed by atoms with van der Waals surface area (Å²) in [6, 6.07) is 18.8. The fourth-order valence-corrected chi connectivity index (χ4v) is 4.03. The van der Waals surface area contributed by atoms with Crippen molar-refractivity contribution < 1.29 is 8.42 Å². The third kappa shape index (κ3) is 2.87. The zero-order valence-electron chi connectivity index (χ0n) is 11.8. The summed E-state index contributed by atoms with van der Waals surface area (Å²) in [5.41, 5.74) is 1.19. The van der Waals surface area contributed by atoms with Gasteiger partial charge in [0.05, 0.1) is 4.90 Å². The van der Waals surface area contributed by atoms with Gasteiger partial charge in [0.25, 0.3) is 0 Å². The Morgan fingerprint density at radius 3 is 2.00 bits per heavy atom. The highest BCUT2D eigenvalue weighted by molar-refractivity contribution is 7.89. The molecule has 0 heterocycles. The lowest BCUT2D eigenvalue weighted by Gasteiger charge is -2.42. The molecule has 0 radical (unpaired) electrons. The van der Waals surface area contributed by atoms with Crippen molar-refractivity contribution in [3.63, 3.8) is 0 Å². The van der Waals surface area contributed by atoms with Crippen LogP contribution in [0.3, 0.4) is 0 Å². The molecule has 0 spiro atoms. The summed E-state index contributed by atoms with van der Waals surface area (Å²) in [5.74, 6) is 0. The molecule has 1 aliphatic rings. The third-order valence-corrected chi connectivity index (χ3v) is 5.77. The van der Waals surface area contributed by atoms with Gasteiger partial charge in [-0.25, -0.2) is 13.1 Å². The summed E-state index contributed by atoms with van der Waals surface area (Å²) in [6.07, 6.45) is 3.23. The molecule has 0 atom stereocenters. The van der Waals surface area contributed by atoms with Crippen LogP contribution in [0, 0.1) is 0 Å². The second-order valence-corrected chi connectivity index (χ2v) is 7.40. The van der Waals surface area contributed by atoms with Crippen LogP contribution in [0.25, 0.3) is 0 Å². The molecule has 1 N–H and O–H groups in total. The number of rotatable bonds is 5. The number of hydrogen-bond donors (Lipinski definition) is 1. The van der Waals surface area contributed by atoms with E-state index in [4.69, 9.17) is 0 Å². The first kappa shape index (κ1) is 14.3. The molecule has 0 amide bonds. The zero-order valence-corrected chi connectivity index (χ0v) is 12.6. The van der Waals surface area contributed by atoms with Crippen molar-refractivity contribution in [2.24, 2.45) is 0 Å². The summed E-state index contributed by atoms with van der Waals surface area (Å²) >= 11 is 0. The van der Waals surface area contributed by atoms with Gasteiger partial charge in [0, 0.05) is 12.0 Å². The molecule has 21 heavy (non-hydrogen) atoms. The molecule has 110 valence electrons. The first-order valence-corrected chi connectivity index (χ1v) is 8.71. The Balaban J connectivity index is 1.78. The van der Waals surface area contributed by atoms with Gasteiger partial charge in [0.2, 0.25) is 10.0 Å². The monoisotopic (exact) mass is 301 g/mol. The molecule has 0 bridgehead atoms. The normalized spacial score (nSPS) is 17.1. The Labute approximate surface area is 126 Å². The SMILES string of the molecule is O=S(=O)(NCC1(c2ccccc2)CCC1)c1ccccc1. The first-order valence-electron chi connectivity index (χ1n) is 7.23. The van der Waals surface area contributed by atoms with Crippen molar-refractivity contribution in [3.05, 3.63) is 66.2 Å². The van der Waals surface area contributed by atoms with E-state index in [1.165, 1.54) is 5.56 Å². The Morgan fingerprint density at radius 2 is 1.48 bits per heavy atom. The van der Waals surface area contributed by atoms with E-state index >= 15 is 0 Å². The van der Waals surface area contributed by atoms with E-state index in [-0.39, 0.29) is 5.41 Å². The summed E-state index contributed by atoms with van der Waals surface area (Å²) in [7, 11) is -3.43. The minimum Gasteiger partial charge on any atom is -0.210 e. The van der Waals surface area contributed by atoms with Gasteiger partial charge in [0.15, 0.2) is 0 Å². The summed E-state index contributed by atoms with van der Waals surface area (Å²) in [6.45, 7) is 0.467. The highest BCUT2D eigenvalue weighted by atomic mass is 32.2. The van der Waals surface area contributed by atoms with E-state index in [2.05, 4.69) is 16.9 Å². The lowest BCUT2D eigenvalue weighted by Crippen LogP contribution is -2.45. The molecule has 0 saturated heterocycles. The molecule has 1 fully saturated rings. The molecule has 2 aromatic carbocycles. The van der Waals surface area contributed by atoms with Gasteiger partial charge in [-0.1, -0.05) is 55.0 Å². The molecule has 1 saturated carbocycles. The second kappa shape index (κ2) is 5.62. The van der Waals surface area contributed by atoms with Crippen molar-refractivity contribution in [1.29, 1.82) is 0 Å². The van der Waals surface area contributed by atoms with E-state index in [9.17, 15) is 8.42 Å². The Kier molecular flexibility index (Phi) is 3.83. The summed E-state index contributed by atoms with van der Waals surface area (Å²) in [5, 5.41) is 0. The molecular weight excluding hydrogens is 282 g/mol. The predicted octanol–water partition coefficient (Wildman–Crippen LogP) is 3.09. The maximum absolute atomic E-state index is 12.3. The predicted molar refractivity (Wildman–Crippen MR) is 83.6 cm³/mol. The topological polar surface area (TPSA) is 46.2 Å². The minimum atomic E-state index is -3.43. The van der Waals surface area contributed by atoms with Gasteiger partial charge in [-0.2, -0.15) is 0 Å². The fraction of sp³-hybridized carbons (Fsp3) is 0.294. The van der Waals surface area contributed by atoms with Gasteiger partial charge < -0.3 is 0 Å². The lowest BCUT2D eigenvalue weighted by atomic mass is 9.64. The minimum absolute atomic E-state index is 0.0386. The quantitative estimate of drug-likeness (QED) is 0.922. The average Bonchev–Trinajstić information content (AvgIpc) is 2.48. The number of nitrogens with one attached hydrogen (secondary N) is 1. The van der Waals surface area contributed by atoms with Gasteiger partial charge in [-0.3, -0.25) is 0 Å². The van der Waals surface area contributed by atoms with Gasteiger partial charge in [0.1, 0.15) is 0 Å². The zero-order chi connectivity index (χ0) is 14.8. The average molecular weight is 301 g/mol. The second-order valence-electron chi connectivity index (χ2n) is 5.64. The molecular formula is C17H19NO2S. The van der Waals surface area contributed by atoms with Crippen LogP contribution in [0.4, 0.5) is 0 Å². The van der Waals surface area contributed by atoms with Gasteiger partial charge >= 0.3 is 0 Å². The lowest BCUT2D eigenvalue weighted by molar-refractivity contribution is 0.245. The van der Waals surface area contributed by atoms with E-state index < -0.39 is 10.0 Å². The highest BCUT2D eigenvalue weighted by Gasteiger charge is 2.39. The van der Waals surface area contributed by atoms with Crippen LogP contribution in [-0.2, 0) is 15.4 Å². The van der Waals surface area contributed by atoms with Crippen molar-refractivity contribution in [1.82, 2.24) is 4.72 Å². The van der Waals surface area contributed by atoms with Crippen molar-refractivity contribution >= 4 is 10.0 Å². The molecule has 2 aromatic rings. The number of benzene rings is 2. The van der Waals surface area contributed by atoms with Crippen LogP contribution in [0.5, 0.6) is 0 Å². The summed E-state index contributed by atoms with van der Waals surface area (Å²) in [4.78, 5) is 0.326. The van der Waals surface area contributed by atoms with Crippen LogP contribution in [0.2, 0.25) is 0 Å². The largest absolute Gasteiger partial charge is 0.240 e. The molecule has 0 aromatic heterocycles. The van der Waals surface area contributed by atoms with Crippen molar-refractivity contribution in [3.8, 4) is 0 Å². The van der Waals surface area contributed by atoms with E-state index in [1.807, 2.05) is 24.3 Å². The maximum Gasteiger partial charge on any atom is 0.240 e. The molecule has 3 rings (SSSR count). The van der Waals surface area contributed by atoms with Gasteiger partial charge in [-0.15, -0.1) is 0 Å². The molecule has 1 aliphatic carbocycles.